The normalized spacial score (nSPS) is 17.6. The van der Waals surface area contributed by atoms with Crippen molar-refractivity contribution in [1.29, 1.82) is 0 Å². The molecule has 1 saturated heterocycles. The quantitative estimate of drug-likeness (QED) is 0.380. The highest BCUT2D eigenvalue weighted by Gasteiger charge is 2.37. The number of amides is 2. The van der Waals surface area contributed by atoms with Crippen LogP contribution in [-0.2, 0) is 9.53 Å². The lowest BCUT2D eigenvalue weighted by Crippen LogP contribution is -2.46. The zero-order chi connectivity index (χ0) is 27.2. The van der Waals surface area contributed by atoms with Gasteiger partial charge in [-0.3, -0.25) is 14.5 Å². The molecular formula is C28H32N4O6S. The van der Waals surface area contributed by atoms with Crippen LogP contribution in [0.5, 0.6) is 11.5 Å². The van der Waals surface area contributed by atoms with E-state index in [9.17, 15) is 9.59 Å². The number of nitrogens with zero attached hydrogens (tertiary/aromatic N) is 4. The summed E-state index contributed by atoms with van der Waals surface area (Å²) in [6.07, 6.45) is 1.97. The van der Waals surface area contributed by atoms with Gasteiger partial charge in [0.15, 0.2) is 5.76 Å². The second kappa shape index (κ2) is 12.5. The van der Waals surface area contributed by atoms with E-state index in [1.54, 1.807) is 37.7 Å². The first-order valence-corrected chi connectivity index (χ1v) is 13.7. The number of hydrogen-bond acceptors (Lipinski definition) is 9. The Hall–Kier alpha value is -3.67. The molecule has 11 heteroatoms. The number of carbonyl (C=O) groups is 2. The fourth-order valence-electron chi connectivity index (χ4n) is 4.81. The summed E-state index contributed by atoms with van der Waals surface area (Å²) in [6.45, 7) is 3.73. The van der Waals surface area contributed by atoms with E-state index in [1.807, 2.05) is 35.7 Å². The van der Waals surface area contributed by atoms with Crippen LogP contribution in [0.2, 0.25) is 0 Å². The van der Waals surface area contributed by atoms with Crippen LogP contribution in [0, 0.1) is 0 Å². The van der Waals surface area contributed by atoms with Crippen molar-refractivity contribution in [3.05, 3.63) is 70.3 Å². The van der Waals surface area contributed by atoms with Crippen LogP contribution in [-0.4, -0.2) is 92.5 Å². The number of ether oxygens (including phenoxy) is 3. The number of thiophene rings is 1. The average Bonchev–Trinajstić information content (AvgIpc) is 3.77. The lowest BCUT2D eigenvalue weighted by molar-refractivity contribution is -0.133. The Bertz CT molecular complexity index is 1290. The van der Waals surface area contributed by atoms with Gasteiger partial charge in [-0.05, 0) is 41.8 Å². The minimum absolute atomic E-state index is 0.145. The van der Waals surface area contributed by atoms with Crippen molar-refractivity contribution in [3.8, 4) is 11.5 Å². The molecule has 1 aromatic carbocycles. The second-order valence-corrected chi connectivity index (χ2v) is 10.2. The molecule has 39 heavy (non-hydrogen) atoms. The number of benzene rings is 1. The van der Waals surface area contributed by atoms with Crippen molar-refractivity contribution in [2.45, 2.75) is 12.5 Å². The molecule has 0 spiro atoms. The number of hydrogen-bond donors (Lipinski definition) is 0. The van der Waals surface area contributed by atoms with Crippen molar-refractivity contribution in [1.82, 2.24) is 14.8 Å². The van der Waals surface area contributed by atoms with Crippen LogP contribution in [0.4, 0.5) is 0 Å². The molecule has 5 rings (SSSR count). The molecule has 0 aliphatic carbocycles. The van der Waals surface area contributed by atoms with Crippen LogP contribution < -0.4 is 9.47 Å². The van der Waals surface area contributed by atoms with E-state index in [0.717, 1.165) is 29.2 Å². The molecule has 3 aromatic rings. The van der Waals surface area contributed by atoms with Crippen molar-refractivity contribution in [2.24, 2.45) is 5.10 Å². The Morgan fingerprint density at radius 3 is 2.67 bits per heavy atom. The van der Waals surface area contributed by atoms with Crippen molar-refractivity contribution in [3.63, 3.8) is 0 Å². The van der Waals surface area contributed by atoms with Gasteiger partial charge in [0.05, 0.1) is 50.3 Å². The monoisotopic (exact) mass is 552 g/mol. The molecule has 10 nitrogen and oxygen atoms in total. The summed E-state index contributed by atoms with van der Waals surface area (Å²) in [5, 5.41) is 8.24. The average molecular weight is 553 g/mol. The molecule has 0 bridgehead atoms. The van der Waals surface area contributed by atoms with Crippen LogP contribution in [0.1, 0.15) is 33.5 Å². The molecule has 0 saturated carbocycles. The van der Waals surface area contributed by atoms with E-state index < -0.39 is 6.04 Å². The Morgan fingerprint density at radius 2 is 1.97 bits per heavy atom. The summed E-state index contributed by atoms with van der Waals surface area (Å²) >= 11 is 1.57. The standard InChI is InChI=1S/C28H32N4O6S/c1-35-20-7-8-24(36-2)21(17-20)23-18-22(26-6-4-16-39-26)29-32(23)27(33)19-31(28(34)25-5-3-13-38-25)10-9-30-11-14-37-15-12-30/h3-8,13,16-17,23H,9-12,14-15,18-19H2,1-2H3/t23-/m0/s1. The summed E-state index contributed by atoms with van der Waals surface area (Å²) in [4.78, 5) is 32.0. The van der Waals surface area contributed by atoms with E-state index in [2.05, 4.69) is 4.90 Å². The maximum atomic E-state index is 13.9. The van der Waals surface area contributed by atoms with E-state index in [4.69, 9.17) is 23.7 Å². The molecular weight excluding hydrogens is 520 g/mol. The van der Waals surface area contributed by atoms with Crippen molar-refractivity contribution in [2.75, 3.05) is 60.2 Å². The van der Waals surface area contributed by atoms with Gasteiger partial charge in [-0.1, -0.05) is 6.07 Å². The Balaban J connectivity index is 1.42. The van der Waals surface area contributed by atoms with Gasteiger partial charge in [-0.15, -0.1) is 11.3 Å². The summed E-state index contributed by atoms with van der Waals surface area (Å²) in [6, 6.07) is 12.3. The number of morpholine rings is 1. The van der Waals surface area contributed by atoms with Gasteiger partial charge in [0.1, 0.15) is 18.0 Å². The smallest absolute Gasteiger partial charge is 0.290 e. The SMILES string of the molecule is COc1ccc(OC)c([C@@H]2CC(c3cccs3)=NN2C(=O)CN(CCN2CCOCC2)C(=O)c2ccco2)c1. The third kappa shape index (κ3) is 6.16. The summed E-state index contributed by atoms with van der Waals surface area (Å²) in [7, 11) is 3.20. The van der Waals surface area contributed by atoms with Gasteiger partial charge in [-0.25, -0.2) is 5.01 Å². The molecule has 2 aromatic heterocycles. The zero-order valence-corrected chi connectivity index (χ0v) is 22.9. The lowest BCUT2D eigenvalue weighted by atomic mass is 9.99. The van der Waals surface area contributed by atoms with Crippen molar-refractivity contribution < 1.29 is 28.2 Å². The van der Waals surface area contributed by atoms with E-state index in [-0.39, 0.29) is 24.1 Å². The first-order chi connectivity index (χ1) is 19.1. The van der Waals surface area contributed by atoms with Crippen LogP contribution >= 0.6 is 11.3 Å². The van der Waals surface area contributed by atoms with E-state index >= 15 is 0 Å². The number of furan rings is 1. The lowest BCUT2D eigenvalue weighted by Gasteiger charge is -2.31. The molecule has 2 amide bonds. The summed E-state index contributed by atoms with van der Waals surface area (Å²) < 4.78 is 21.9. The number of rotatable bonds is 10. The molecule has 4 heterocycles. The van der Waals surface area contributed by atoms with Crippen LogP contribution in [0.3, 0.4) is 0 Å². The van der Waals surface area contributed by atoms with Gasteiger partial charge in [0.25, 0.3) is 11.8 Å². The molecule has 0 N–H and O–H groups in total. The largest absolute Gasteiger partial charge is 0.497 e. The van der Waals surface area contributed by atoms with Gasteiger partial charge in [0.2, 0.25) is 0 Å². The van der Waals surface area contributed by atoms with Gasteiger partial charge < -0.3 is 23.5 Å². The number of methoxy groups -OCH3 is 2. The summed E-state index contributed by atoms with van der Waals surface area (Å²) in [5.74, 6) is 0.858. The highest BCUT2D eigenvalue weighted by atomic mass is 32.1. The molecule has 1 atom stereocenters. The Morgan fingerprint density at radius 1 is 1.13 bits per heavy atom. The molecule has 0 radical (unpaired) electrons. The number of hydrazone groups is 1. The van der Waals surface area contributed by atoms with E-state index in [1.165, 1.54) is 16.2 Å². The number of carbonyl (C=O) groups excluding carboxylic acids is 2. The molecule has 0 unspecified atom stereocenters. The maximum absolute atomic E-state index is 13.9. The Kier molecular flexibility index (Phi) is 8.60. The highest BCUT2D eigenvalue weighted by Crippen LogP contribution is 2.39. The molecule has 2 aliphatic rings. The fourth-order valence-corrected chi connectivity index (χ4v) is 5.53. The van der Waals surface area contributed by atoms with E-state index in [0.29, 0.717) is 44.2 Å². The second-order valence-electron chi connectivity index (χ2n) is 9.25. The predicted octanol–water partition coefficient (Wildman–Crippen LogP) is 3.51. The third-order valence-corrected chi connectivity index (χ3v) is 7.82. The van der Waals surface area contributed by atoms with Gasteiger partial charge in [-0.2, -0.15) is 5.10 Å². The zero-order valence-electron chi connectivity index (χ0n) is 22.1. The third-order valence-electron chi connectivity index (χ3n) is 6.90. The summed E-state index contributed by atoms with van der Waals surface area (Å²) in [5.41, 5.74) is 1.60. The van der Waals surface area contributed by atoms with Gasteiger partial charge in [0, 0.05) is 38.2 Å². The minimum atomic E-state index is -0.417. The Labute approximate surface area is 231 Å². The van der Waals surface area contributed by atoms with Crippen molar-refractivity contribution >= 4 is 28.9 Å². The van der Waals surface area contributed by atoms with Crippen LogP contribution in [0.15, 0.2) is 63.6 Å². The molecule has 2 aliphatic heterocycles. The highest BCUT2D eigenvalue weighted by molar-refractivity contribution is 7.12. The molecule has 206 valence electrons. The van der Waals surface area contributed by atoms with Gasteiger partial charge >= 0.3 is 0 Å². The predicted molar refractivity (Wildman–Crippen MR) is 146 cm³/mol. The fraction of sp³-hybridized carbons (Fsp3) is 0.393. The van der Waals surface area contributed by atoms with Crippen LogP contribution in [0.25, 0.3) is 0 Å². The molecule has 1 fully saturated rings. The first kappa shape index (κ1) is 26.9. The first-order valence-electron chi connectivity index (χ1n) is 12.9. The topological polar surface area (TPSA) is 97.0 Å². The minimum Gasteiger partial charge on any atom is -0.497 e. The maximum Gasteiger partial charge on any atom is 0.290 e.